The van der Waals surface area contributed by atoms with Crippen molar-refractivity contribution in [2.75, 3.05) is 6.54 Å². The highest BCUT2D eigenvalue weighted by atomic mass is 35.5. The number of carbonyl (C=O) groups excluding carboxylic acids is 1. The average Bonchev–Trinajstić information content (AvgIpc) is 2.52. The summed E-state index contributed by atoms with van der Waals surface area (Å²) in [6, 6.07) is 6.44. The van der Waals surface area contributed by atoms with E-state index in [1.54, 1.807) is 18.2 Å². The molecule has 0 aromatic heterocycles. The second-order valence-corrected chi connectivity index (χ2v) is 5.95. The quantitative estimate of drug-likeness (QED) is 0.833. The second-order valence-electron chi connectivity index (χ2n) is 5.95. The fourth-order valence-electron chi connectivity index (χ4n) is 2.81. The first-order valence-electron chi connectivity index (χ1n) is 8.04. The number of amides is 1. The lowest BCUT2D eigenvalue weighted by Crippen LogP contribution is -2.41. The van der Waals surface area contributed by atoms with E-state index >= 15 is 0 Å². The summed E-state index contributed by atoms with van der Waals surface area (Å²) in [6.07, 6.45) is 4.10. The number of ether oxygens (including phenoxy) is 1. The van der Waals surface area contributed by atoms with Crippen molar-refractivity contribution in [3.8, 4) is 5.75 Å². The van der Waals surface area contributed by atoms with Crippen LogP contribution >= 0.6 is 12.4 Å². The normalized spacial score (nSPS) is 21.9. The third kappa shape index (κ3) is 5.99. The number of nitrogens with one attached hydrogen (secondary N) is 1. The van der Waals surface area contributed by atoms with Gasteiger partial charge in [-0.15, -0.1) is 12.4 Å². The zero-order chi connectivity index (χ0) is 15.9. The number of para-hydroxylation sites is 1. The molecule has 6 heteroatoms. The van der Waals surface area contributed by atoms with Crippen molar-refractivity contribution in [3.63, 3.8) is 0 Å². The van der Waals surface area contributed by atoms with Crippen LogP contribution in [0.15, 0.2) is 24.3 Å². The monoisotopic (exact) mass is 344 g/mol. The van der Waals surface area contributed by atoms with Gasteiger partial charge in [-0.3, -0.25) is 4.79 Å². The number of carbonyl (C=O) groups is 1. The van der Waals surface area contributed by atoms with Crippen LogP contribution in [-0.4, -0.2) is 24.6 Å². The molecule has 1 aromatic rings. The van der Waals surface area contributed by atoms with Gasteiger partial charge in [-0.2, -0.15) is 0 Å². The van der Waals surface area contributed by atoms with Gasteiger partial charge < -0.3 is 15.8 Å². The fourth-order valence-corrected chi connectivity index (χ4v) is 2.81. The molecule has 1 aliphatic rings. The lowest BCUT2D eigenvalue weighted by Gasteiger charge is -2.26. The van der Waals surface area contributed by atoms with E-state index in [-0.39, 0.29) is 47.9 Å². The molecule has 0 aliphatic heterocycles. The van der Waals surface area contributed by atoms with Crippen molar-refractivity contribution in [1.29, 1.82) is 0 Å². The lowest BCUT2D eigenvalue weighted by molar-refractivity contribution is -0.126. The van der Waals surface area contributed by atoms with E-state index in [1.807, 2.05) is 6.92 Å². The SMILES string of the molecule is CCC(CNC(=O)C1CCCC(N)C1)Oc1ccccc1F.Cl. The minimum Gasteiger partial charge on any atom is -0.486 e. The van der Waals surface area contributed by atoms with Crippen molar-refractivity contribution in [2.24, 2.45) is 11.7 Å². The Morgan fingerprint density at radius 1 is 1.43 bits per heavy atom. The Bertz CT molecular complexity index is 501. The molecule has 2 rings (SSSR count). The van der Waals surface area contributed by atoms with Crippen LogP contribution in [0.5, 0.6) is 5.75 Å². The highest BCUT2D eigenvalue weighted by Gasteiger charge is 2.25. The molecule has 3 unspecified atom stereocenters. The van der Waals surface area contributed by atoms with Gasteiger partial charge in [-0.1, -0.05) is 25.5 Å². The largest absolute Gasteiger partial charge is 0.486 e. The maximum Gasteiger partial charge on any atom is 0.223 e. The molecular weight excluding hydrogens is 319 g/mol. The first kappa shape index (κ1) is 19.7. The molecule has 1 aromatic carbocycles. The molecule has 0 saturated heterocycles. The summed E-state index contributed by atoms with van der Waals surface area (Å²) in [4.78, 5) is 12.2. The number of halogens is 2. The van der Waals surface area contributed by atoms with Crippen molar-refractivity contribution in [1.82, 2.24) is 5.32 Å². The van der Waals surface area contributed by atoms with Crippen LogP contribution < -0.4 is 15.8 Å². The van der Waals surface area contributed by atoms with E-state index in [0.29, 0.717) is 13.0 Å². The van der Waals surface area contributed by atoms with E-state index in [2.05, 4.69) is 5.32 Å². The highest BCUT2D eigenvalue weighted by molar-refractivity contribution is 5.85. The summed E-state index contributed by atoms with van der Waals surface area (Å²) < 4.78 is 19.2. The van der Waals surface area contributed by atoms with Crippen molar-refractivity contribution < 1.29 is 13.9 Å². The molecule has 0 spiro atoms. The summed E-state index contributed by atoms with van der Waals surface area (Å²) >= 11 is 0. The summed E-state index contributed by atoms with van der Waals surface area (Å²) in [7, 11) is 0. The van der Waals surface area contributed by atoms with Gasteiger partial charge in [0.05, 0.1) is 6.54 Å². The molecule has 4 nitrogen and oxygen atoms in total. The van der Waals surface area contributed by atoms with Crippen LogP contribution in [0, 0.1) is 11.7 Å². The van der Waals surface area contributed by atoms with E-state index in [4.69, 9.17) is 10.5 Å². The van der Waals surface area contributed by atoms with E-state index < -0.39 is 0 Å². The Kier molecular flexibility index (Phi) is 8.34. The summed E-state index contributed by atoms with van der Waals surface area (Å²) in [5, 5.41) is 2.92. The fraction of sp³-hybridized carbons (Fsp3) is 0.588. The Hall–Kier alpha value is -1.33. The van der Waals surface area contributed by atoms with E-state index in [0.717, 1.165) is 25.7 Å². The van der Waals surface area contributed by atoms with Crippen molar-refractivity contribution in [3.05, 3.63) is 30.1 Å². The minimum atomic E-state index is -0.384. The maximum absolute atomic E-state index is 13.6. The third-order valence-corrected chi connectivity index (χ3v) is 4.18. The van der Waals surface area contributed by atoms with Crippen LogP contribution in [0.2, 0.25) is 0 Å². The Morgan fingerprint density at radius 2 is 2.17 bits per heavy atom. The van der Waals surface area contributed by atoms with E-state index in [9.17, 15) is 9.18 Å². The maximum atomic E-state index is 13.6. The predicted molar refractivity (Wildman–Crippen MR) is 91.3 cm³/mol. The van der Waals surface area contributed by atoms with Crippen molar-refractivity contribution in [2.45, 2.75) is 51.2 Å². The average molecular weight is 345 g/mol. The lowest BCUT2D eigenvalue weighted by atomic mass is 9.85. The molecule has 3 N–H and O–H groups in total. The molecule has 23 heavy (non-hydrogen) atoms. The highest BCUT2D eigenvalue weighted by Crippen LogP contribution is 2.23. The van der Waals surface area contributed by atoms with Gasteiger partial charge in [-0.05, 0) is 37.8 Å². The van der Waals surface area contributed by atoms with Crippen LogP contribution in [-0.2, 0) is 4.79 Å². The van der Waals surface area contributed by atoms with Crippen LogP contribution in [0.3, 0.4) is 0 Å². The molecule has 130 valence electrons. The zero-order valence-electron chi connectivity index (χ0n) is 13.5. The van der Waals surface area contributed by atoms with Gasteiger partial charge in [0.2, 0.25) is 5.91 Å². The Labute approximate surface area is 143 Å². The predicted octanol–water partition coefficient (Wildman–Crippen LogP) is 3.04. The molecule has 1 amide bonds. The van der Waals surface area contributed by atoms with Gasteiger partial charge in [0, 0.05) is 12.0 Å². The summed E-state index contributed by atoms with van der Waals surface area (Å²) in [5.41, 5.74) is 5.92. The molecule has 1 aliphatic carbocycles. The molecule has 1 fully saturated rings. The van der Waals surface area contributed by atoms with Crippen LogP contribution in [0.25, 0.3) is 0 Å². The van der Waals surface area contributed by atoms with Gasteiger partial charge in [0.1, 0.15) is 6.10 Å². The van der Waals surface area contributed by atoms with Gasteiger partial charge >= 0.3 is 0 Å². The molecular formula is C17H26ClFN2O2. The second kappa shape index (κ2) is 9.73. The van der Waals surface area contributed by atoms with Crippen LogP contribution in [0.4, 0.5) is 4.39 Å². The van der Waals surface area contributed by atoms with Crippen LogP contribution in [0.1, 0.15) is 39.0 Å². The molecule has 3 atom stereocenters. The first-order valence-corrected chi connectivity index (χ1v) is 8.04. The number of hydrogen-bond donors (Lipinski definition) is 2. The number of hydrogen-bond acceptors (Lipinski definition) is 3. The zero-order valence-corrected chi connectivity index (χ0v) is 14.3. The molecule has 0 bridgehead atoms. The van der Waals surface area contributed by atoms with Gasteiger partial charge in [-0.25, -0.2) is 4.39 Å². The Morgan fingerprint density at radius 3 is 2.83 bits per heavy atom. The van der Waals surface area contributed by atoms with Gasteiger partial charge in [0.15, 0.2) is 11.6 Å². The third-order valence-electron chi connectivity index (χ3n) is 4.18. The molecule has 0 heterocycles. The molecule has 1 saturated carbocycles. The van der Waals surface area contributed by atoms with Gasteiger partial charge in [0.25, 0.3) is 0 Å². The number of rotatable bonds is 6. The van der Waals surface area contributed by atoms with E-state index in [1.165, 1.54) is 6.07 Å². The summed E-state index contributed by atoms with van der Waals surface area (Å²) in [6.45, 7) is 2.34. The standard InChI is InChI=1S/C17H25FN2O2.ClH/c1-2-14(22-16-9-4-3-8-15(16)18)11-20-17(21)12-6-5-7-13(19)10-12;/h3-4,8-9,12-14H,2,5-7,10-11,19H2,1H3,(H,20,21);1H. The smallest absolute Gasteiger partial charge is 0.223 e. The molecule has 0 radical (unpaired) electrons. The number of benzene rings is 1. The first-order chi connectivity index (χ1) is 10.6. The number of nitrogens with two attached hydrogens (primary N) is 1. The Balaban J connectivity index is 0.00000264. The minimum absolute atomic E-state index is 0. The van der Waals surface area contributed by atoms with Crippen molar-refractivity contribution >= 4 is 18.3 Å². The topological polar surface area (TPSA) is 64.4 Å². The summed E-state index contributed by atoms with van der Waals surface area (Å²) in [5.74, 6) is -0.130.